The van der Waals surface area contributed by atoms with E-state index in [4.69, 9.17) is 0 Å². The van der Waals surface area contributed by atoms with E-state index in [0.717, 1.165) is 12.5 Å². The standard InChI is InChI=1S/C14H24N4OS.HI/c1-14(2,3)12(19)16-7-8-17-13(15-4)18-10-11-6-5-9-20-11;/h5-6,9H,7-8,10H2,1-4H3,(H,16,19)(H2,15,17,18);1H. The minimum atomic E-state index is -0.348. The van der Waals surface area contributed by atoms with E-state index in [1.807, 2.05) is 26.8 Å². The number of aliphatic imine (C=N–C) groups is 1. The molecule has 7 heteroatoms. The number of carbonyl (C=O) groups excluding carboxylic acids is 1. The van der Waals surface area contributed by atoms with E-state index in [-0.39, 0.29) is 35.3 Å². The second-order valence-corrected chi connectivity index (χ2v) is 6.47. The number of hydrogen-bond donors (Lipinski definition) is 3. The third kappa shape index (κ3) is 8.25. The fourth-order valence-electron chi connectivity index (χ4n) is 1.43. The van der Waals surface area contributed by atoms with Gasteiger partial charge in [0, 0.05) is 30.4 Å². The second-order valence-electron chi connectivity index (χ2n) is 5.44. The molecule has 0 unspecified atom stereocenters. The molecule has 0 atom stereocenters. The van der Waals surface area contributed by atoms with E-state index in [1.165, 1.54) is 4.88 Å². The Labute approximate surface area is 148 Å². The van der Waals surface area contributed by atoms with Crippen molar-refractivity contribution in [3.05, 3.63) is 22.4 Å². The van der Waals surface area contributed by atoms with Gasteiger partial charge in [0.2, 0.25) is 5.91 Å². The zero-order valence-corrected chi connectivity index (χ0v) is 16.2. The van der Waals surface area contributed by atoms with Crippen molar-refractivity contribution in [3.63, 3.8) is 0 Å². The van der Waals surface area contributed by atoms with Crippen LogP contribution in [0.2, 0.25) is 0 Å². The summed E-state index contributed by atoms with van der Waals surface area (Å²) in [6.07, 6.45) is 0. The van der Waals surface area contributed by atoms with Gasteiger partial charge in [0.15, 0.2) is 5.96 Å². The van der Waals surface area contributed by atoms with Gasteiger partial charge in [-0.1, -0.05) is 26.8 Å². The molecule has 1 aromatic heterocycles. The Kier molecular flexibility index (Phi) is 9.60. The molecule has 0 fully saturated rings. The first kappa shape index (κ1) is 20.2. The van der Waals surface area contributed by atoms with Crippen molar-refractivity contribution in [2.45, 2.75) is 27.3 Å². The predicted octanol–water partition coefficient (Wildman–Crippen LogP) is 2.19. The highest BCUT2D eigenvalue weighted by molar-refractivity contribution is 14.0. The quantitative estimate of drug-likeness (QED) is 0.294. The number of guanidine groups is 1. The molecule has 1 aromatic rings. The average Bonchev–Trinajstić information content (AvgIpc) is 2.89. The lowest BCUT2D eigenvalue weighted by Gasteiger charge is -2.18. The van der Waals surface area contributed by atoms with Gasteiger partial charge in [0.25, 0.3) is 0 Å². The van der Waals surface area contributed by atoms with E-state index in [9.17, 15) is 4.79 Å². The van der Waals surface area contributed by atoms with Crippen LogP contribution in [0.15, 0.2) is 22.5 Å². The maximum Gasteiger partial charge on any atom is 0.225 e. The summed E-state index contributed by atoms with van der Waals surface area (Å²) in [5.41, 5.74) is -0.348. The summed E-state index contributed by atoms with van der Waals surface area (Å²) >= 11 is 1.71. The Morgan fingerprint density at radius 2 is 1.90 bits per heavy atom. The van der Waals surface area contributed by atoms with E-state index in [1.54, 1.807) is 18.4 Å². The zero-order chi connectivity index (χ0) is 15.0. The lowest BCUT2D eigenvalue weighted by atomic mass is 9.96. The third-order valence-electron chi connectivity index (χ3n) is 2.62. The first-order valence-electron chi connectivity index (χ1n) is 6.68. The van der Waals surface area contributed by atoms with Crippen LogP contribution in [0.25, 0.3) is 0 Å². The molecular weight excluding hydrogens is 399 g/mol. The Morgan fingerprint density at radius 3 is 2.43 bits per heavy atom. The van der Waals surface area contributed by atoms with Gasteiger partial charge in [-0.05, 0) is 11.4 Å². The van der Waals surface area contributed by atoms with Crippen molar-refractivity contribution < 1.29 is 4.79 Å². The van der Waals surface area contributed by atoms with Crippen molar-refractivity contribution in [1.82, 2.24) is 16.0 Å². The minimum absolute atomic E-state index is 0. The highest BCUT2D eigenvalue weighted by Crippen LogP contribution is 2.11. The summed E-state index contributed by atoms with van der Waals surface area (Å²) in [6.45, 7) is 7.68. The van der Waals surface area contributed by atoms with E-state index in [2.05, 4.69) is 32.4 Å². The number of thiophene rings is 1. The largest absolute Gasteiger partial charge is 0.355 e. The van der Waals surface area contributed by atoms with Gasteiger partial charge in [-0.2, -0.15) is 0 Å². The van der Waals surface area contributed by atoms with Gasteiger partial charge in [-0.25, -0.2) is 0 Å². The number of carbonyl (C=O) groups is 1. The highest BCUT2D eigenvalue weighted by atomic mass is 127. The first-order valence-corrected chi connectivity index (χ1v) is 7.56. The van der Waals surface area contributed by atoms with Crippen molar-refractivity contribution in [3.8, 4) is 0 Å². The van der Waals surface area contributed by atoms with Crippen LogP contribution in [0.3, 0.4) is 0 Å². The smallest absolute Gasteiger partial charge is 0.225 e. The van der Waals surface area contributed by atoms with Crippen molar-refractivity contribution in [2.24, 2.45) is 10.4 Å². The fraction of sp³-hybridized carbons (Fsp3) is 0.571. The molecular formula is C14H25IN4OS. The van der Waals surface area contributed by atoms with Crippen molar-refractivity contribution >= 4 is 47.2 Å². The molecule has 0 saturated carbocycles. The molecule has 1 amide bonds. The van der Waals surface area contributed by atoms with Crippen LogP contribution in [0, 0.1) is 5.41 Å². The average molecular weight is 424 g/mol. The van der Waals surface area contributed by atoms with Crippen molar-refractivity contribution in [1.29, 1.82) is 0 Å². The van der Waals surface area contributed by atoms with Crippen LogP contribution in [0.5, 0.6) is 0 Å². The van der Waals surface area contributed by atoms with Crippen LogP contribution in [0.1, 0.15) is 25.6 Å². The van der Waals surface area contributed by atoms with Crippen LogP contribution in [-0.4, -0.2) is 32.0 Å². The van der Waals surface area contributed by atoms with E-state index in [0.29, 0.717) is 13.1 Å². The number of nitrogens with zero attached hydrogens (tertiary/aromatic N) is 1. The molecule has 0 radical (unpaired) electrons. The monoisotopic (exact) mass is 424 g/mol. The topological polar surface area (TPSA) is 65.5 Å². The molecule has 0 aliphatic rings. The van der Waals surface area contributed by atoms with Gasteiger partial charge in [-0.15, -0.1) is 35.3 Å². The van der Waals surface area contributed by atoms with Crippen LogP contribution in [0.4, 0.5) is 0 Å². The van der Waals surface area contributed by atoms with Gasteiger partial charge in [0.1, 0.15) is 0 Å². The Morgan fingerprint density at radius 1 is 1.24 bits per heavy atom. The normalized spacial score (nSPS) is 11.5. The molecule has 0 bridgehead atoms. The highest BCUT2D eigenvalue weighted by Gasteiger charge is 2.20. The maximum absolute atomic E-state index is 11.7. The minimum Gasteiger partial charge on any atom is -0.355 e. The summed E-state index contributed by atoms with van der Waals surface area (Å²) in [5.74, 6) is 0.796. The Hall–Kier alpha value is -0.830. The lowest BCUT2D eigenvalue weighted by molar-refractivity contribution is -0.128. The maximum atomic E-state index is 11.7. The predicted molar refractivity (Wildman–Crippen MR) is 100 cm³/mol. The van der Waals surface area contributed by atoms with Crippen LogP contribution >= 0.6 is 35.3 Å². The number of halogens is 1. The summed E-state index contributed by atoms with van der Waals surface area (Å²) in [4.78, 5) is 17.1. The molecule has 1 rings (SSSR count). The molecule has 0 spiro atoms. The second kappa shape index (κ2) is 9.99. The van der Waals surface area contributed by atoms with E-state index < -0.39 is 0 Å². The number of rotatable bonds is 5. The molecule has 3 N–H and O–H groups in total. The number of hydrogen-bond acceptors (Lipinski definition) is 3. The molecule has 0 aliphatic carbocycles. The molecule has 1 heterocycles. The summed E-state index contributed by atoms with van der Waals surface area (Å²) < 4.78 is 0. The lowest BCUT2D eigenvalue weighted by Crippen LogP contribution is -2.43. The SMILES string of the molecule is CN=C(NCCNC(=O)C(C)(C)C)NCc1cccs1.I. The number of amides is 1. The van der Waals surface area contributed by atoms with E-state index >= 15 is 0 Å². The summed E-state index contributed by atoms with van der Waals surface area (Å²) in [7, 11) is 1.73. The summed E-state index contributed by atoms with van der Waals surface area (Å²) in [6, 6.07) is 4.11. The molecule has 0 saturated heterocycles. The molecule has 5 nitrogen and oxygen atoms in total. The molecule has 0 aromatic carbocycles. The van der Waals surface area contributed by atoms with Gasteiger partial charge in [-0.3, -0.25) is 9.79 Å². The fourth-order valence-corrected chi connectivity index (χ4v) is 2.07. The van der Waals surface area contributed by atoms with Crippen LogP contribution in [-0.2, 0) is 11.3 Å². The van der Waals surface area contributed by atoms with Gasteiger partial charge in [0.05, 0.1) is 6.54 Å². The molecule has 0 aliphatic heterocycles. The zero-order valence-electron chi connectivity index (χ0n) is 13.0. The third-order valence-corrected chi connectivity index (χ3v) is 3.49. The Balaban J connectivity index is 0.00000400. The first-order chi connectivity index (χ1) is 9.43. The van der Waals surface area contributed by atoms with Crippen molar-refractivity contribution in [2.75, 3.05) is 20.1 Å². The van der Waals surface area contributed by atoms with Crippen LogP contribution < -0.4 is 16.0 Å². The number of nitrogens with one attached hydrogen (secondary N) is 3. The summed E-state index contributed by atoms with van der Waals surface area (Å²) in [5, 5.41) is 11.3. The van der Waals surface area contributed by atoms with Gasteiger partial charge < -0.3 is 16.0 Å². The van der Waals surface area contributed by atoms with Gasteiger partial charge >= 0.3 is 0 Å². The molecule has 120 valence electrons. The Bertz CT molecular complexity index is 440. The molecule has 21 heavy (non-hydrogen) atoms.